The molecule has 0 aromatic rings. The normalized spacial score (nSPS) is 21.4. The molecule has 0 heterocycles. The fourth-order valence-electron chi connectivity index (χ4n) is 2.00. The standard InChI is InChI=1S/C10H17FN2/c1-13(8-7-12)9-10(11)5-3-2-4-6-10/h2-6,8-9H2,1H3. The minimum atomic E-state index is -1.02. The summed E-state index contributed by atoms with van der Waals surface area (Å²) in [4.78, 5) is 1.77. The molecular weight excluding hydrogens is 167 g/mol. The Bertz CT molecular complexity index is 192. The van der Waals surface area contributed by atoms with E-state index in [-0.39, 0.29) is 0 Å². The molecule has 0 aromatic carbocycles. The predicted molar refractivity (Wildman–Crippen MR) is 50.0 cm³/mol. The predicted octanol–water partition coefficient (Wildman–Crippen LogP) is 2.11. The summed E-state index contributed by atoms with van der Waals surface area (Å²) in [6.45, 7) is 0.742. The second kappa shape index (κ2) is 4.57. The Morgan fingerprint density at radius 3 is 2.54 bits per heavy atom. The number of nitrogens with zero attached hydrogens (tertiary/aromatic N) is 2. The molecule has 0 amide bonds. The second-order valence-corrected chi connectivity index (χ2v) is 4.04. The summed E-state index contributed by atoms with van der Waals surface area (Å²) in [5.41, 5.74) is -1.02. The van der Waals surface area contributed by atoms with Crippen LogP contribution in [0.25, 0.3) is 0 Å². The van der Waals surface area contributed by atoms with Crippen LogP contribution in [0.3, 0.4) is 0 Å². The summed E-state index contributed by atoms with van der Waals surface area (Å²) in [6, 6.07) is 2.03. The van der Waals surface area contributed by atoms with Gasteiger partial charge in [0.05, 0.1) is 12.6 Å². The molecule has 3 heteroatoms. The van der Waals surface area contributed by atoms with Crippen molar-refractivity contribution in [2.45, 2.75) is 37.8 Å². The van der Waals surface area contributed by atoms with Gasteiger partial charge in [-0.15, -0.1) is 0 Å². The smallest absolute Gasteiger partial charge is 0.123 e. The van der Waals surface area contributed by atoms with Crippen molar-refractivity contribution >= 4 is 0 Å². The van der Waals surface area contributed by atoms with Gasteiger partial charge in [0, 0.05) is 6.54 Å². The lowest BCUT2D eigenvalue weighted by atomic mass is 9.86. The van der Waals surface area contributed by atoms with E-state index in [2.05, 4.69) is 0 Å². The van der Waals surface area contributed by atoms with E-state index >= 15 is 0 Å². The Balaban J connectivity index is 2.36. The molecule has 0 unspecified atom stereocenters. The number of halogens is 1. The number of nitriles is 1. The van der Waals surface area contributed by atoms with Crippen molar-refractivity contribution in [1.82, 2.24) is 4.90 Å². The average Bonchev–Trinajstić information content (AvgIpc) is 2.04. The Labute approximate surface area is 79.3 Å². The van der Waals surface area contributed by atoms with E-state index in [0.717, 1.165) is 19.3 Å². The monoisotopic (exact) mass is 184 g/mol. The van der Waals surface area contributed by atoms with E-state index in [1.165, 1.54) is 0 Å². The molecular formula is C10H17FN2. The van der Waals surface area contributed by atoms with Crippen LogP contribution in [0.4, 0.5) is 4.39 Å². The van der Waals surface area contributed by atoms with Gasteiger partial charge < -0.3 is 0 Å². The van der Waals surface area contributed by atoms with Crippen molar-refractivity contribution in [3.05, 3.63) is 0 Å². The maximum atomic E-state index is 14.0. The third-order valence-corrected chi connectivity index (χ3v) is 2.64. The van der Waals surface area contributed by atoms with Crippen LogP contribution >= 0.6 is 0 Å². The first-order valence-electron chi connectivity index (χ1n) is 4.91. The third-order valence-electron chi connectivity index (χ3n) is 2.64. The van der Waals surface area contributed by atoms with Crippen LogP contribution in [0.2, 0.25) is 0 Å². The van der Waals surface area contributed by atoms with Gasteiger partial charge in [-0.25, -0.2) is 4.39 Å². The average molecular weight is 184 g/mol. The first-order valence-corrected chi connectivity index (χ1v) is 4.91. The van der Waals surface area contributed by atoms with Crippen LogP contribution in [0.15, 0.2) is 0 Å². The van der Waals surface area contributed by atoms with Gasteiger partial charge in [-0.3, -0.25) is 4.90 Å². The second-order valence-electron chi connectivity index (χ2n) is 4.04. The molecule has 1 rings (SSSR count). The summed E-state index contributed by atoms with van der Waals surface area (Å²) in [7, 11) is 1.80. The Hall–Kier alpha value is -0.620. The summed E-state index contributed by atoms with van der Waals surface area (Å²) in [5.74, 6) is 0. The molecule has 0 aliphatic heterocycles. The van der Waals surface area contributed by atoms with Gasteiger partial charge in [0.1, 0.15) is 5.67 Å². The minimum Gasteiger partial charge on any atom is -0.290 e. The Morgan fingerprint density at radius 1 is 1.38 bits per heavy atom. The van der Waals surface area contributed by atoms with E-state index < -0.39 is 5.67 Å². The fraction of sp³-hybridized carbons (Fsp3) is 0.900. The lowest BCUT2D eigenvalue weighted by molar-refractivity contribution is 0.0695. The molecule has 1 aliphatic carbocycles. The van der Waals surface area contributed by atoms with E-state index in [9.17, 15) is 4.39 Å². The van der Waals surface area contributed by atoms with E-state index in [0.29, 0.717) is 25.9 Å². The van der Waals surface area contributed by atoms with E-state index in [1.807, 2.05) is 6.07 Å². The lowest BCUT2D eigenvalue weighted by Crippen LogP contribution is -2.39. The third kappa shape index (κ3) is 3.31. The molecule has 1 saturated carbocycles. The van der Waals surface area contributed by atoms with Gasteiger partial charge in [0.2, 0.25) is 0 Å². The molecule has 2 nitrogen and oxygen atoms in total. The van der Waals surface area contributed by atoms with Crippen LogP contribution in [0.5, 0.6) is 0 Å². The molecule has 0 bridgehead atoms. The first kappa shape index (κ1) is 10.5. The summed E-state index contributed by atoms with van der Waals surface area (Å²) in [5, 5.41) is 8.44. The maximum Gasteiger partial charge on any atom is 0.123 e. The molecule has 0 aromatic heterocycles. The zero-order valence-corrected chi connectivity index (χ0v) is 8.22. The highest BCUT2D eigenvalue weighted by atomic mass is 19.1. The van der Waals surface area contributed by atoms with Gasteiger partial charge in [0.15, 0.2) is 0 Å². The van der Waals surface area contributed by atoms with Crippen molar-refractivity contribution in [3.63, 3.8) is 0 Å². The van der Waals surface area contributed by atoms with Crippen molar-refractivity contribution in [2.24, 2.45) is 0 Å². The quantitative estimate of drug-likeness (QED) is 0.628. The van der Waals surface area contributed by atoms with Crippen LogP contribution in [0.1, 0.15) is 32.1 Å². The molecule has 0 radical (unpaired) electrons. The van der Waals surface area contributed by atoms with E-state index in [4.69, 9.17) is 5.26 Å². The number of rotatable bonds is 3. The van der Waals surface area contributed by atoms with Crippen LogP contribution in [-0.2, 0) is 0 Å². The zero-order valence-electron chi connectivity index (χ0n) is 8.22. The number of alkyl halides is 1. The van der Waals surface area contributed by atoms with Crippen LogP contribution < -0.4 is 0 Å². The molecule has 74 valence electrons. The lowest BCUT2D eigenvalue weighted by Gasteiger charge is -2.32. The van der Waals surface area contributed by atoms with Crippen molar-refractivity contribution in [2.75, 3.05) is 20.1 Å². The summed E-state index contributed by atoms with van der Waals surface area (Å²) < 4.78 is 14.0. The zero-order chi connectivity index (χ0) is 9.73. The van der Waals surface area contributed by atoms with Gasteiger partial charge in [-0.2, -0.15) is 5.26 Å². The Morgan fingerprint density at radius 2 is 2.00 bits per heavy atom. The largest absolute Gasteiger partial charge is 0.290 e. The SMILES string of the molecule is CN(CC#N)CC1(F)CCCCC1. The number of hydrogen-bond donors (Lipinski definition) is 0. The van der Waals surface area contributed by atoms with Crippen LogP contribution in [-0.4, -0.2) is 30.7 Å². The molecule has 1 aliphatic rings. The van der Waals surface area contributed by atoms with Crippen LogP contribution in [0, 0.1) is 11.3 Å². The molecule has 0 atom stereocenters. The highest BCUT2D eigenvalue weighted by Crippen LogP contribution is 2.32. The van der Waals surface area contributed by atoms with E-state index in [1.54, 1.807) is 11.9 Å². The van der Waals surface area contributed by atoms with Crippen molar-refractivity contribution in [3.8, 4) is 6.07 Å². The van der Waals surface area contributed by atoms with Crippen molar-refractivity contribution < 1.29 is 4.39 Å². The molecule has 13 heavy (non-hydrogen) atoms. The minimum absolute atomic E-state index is 0.325. The first-order chi connectivity index (χ1) is 6.16. The highest BCUT2D eigenvalue weighted by Gasteiger charge is 2.32. The summed E-state index contributed by atoms with van der Waals surface area (Å²) >= 11 is 0. The number of hydrogen-bond acceptors (Lipinski definition) is 2. The molecule has 0 N–H and O–H groups in total. The molecule has 1 fully saturated rings. The summed E-state index contributed by atoms with van der Waals surface area (Å²) in [6.07, 6.45) is 4.49. The van der Waals surface area contributed by atoms with Gasteiger partial charge >= 0.3 is 0 Å². The molecule has 0 saturated heterocycles. The van der Waals surface area contributed by atoms with Gasteiger partial charge in [0.25, 0.3) is 0 Å². The van der Waals surface area contributed by atoms with Gasteiger partial charge in [-0.1, -0.05) is 19.3 Å². The topological polar surface area (TPSA) is 27.0 Å². The maximum absolute atomic E-state index is 14.0. The highest BCUT2D eigenvalue weighted by molar-refractivity contribution is 4.87. The van der Waals surface area contributed by atoms with Gasteiger partial charge in [-0.05, 0) is 19.9 Å². The van der Waals surface area contributed by atoms with Crippen molar-refractivity contribution in [1.29, 1.82) is 5.26 Å². The Kier molecular flexibility index (Phi) is 3.68. The fourth-order valence-corrected chi connectivity index (χ4v) is 2.00. The molecule has 0 spiro atoms.